The number of carbonyl (C=O) groups excluding carboxylic acids is 3. The zero-order valence-electron chi connectivity index (χ0n) is 13.4. The van der Waals surface area contributed by atoms with E-state index in [-0.39, 0.29) is 12.7 Å². The van der Waals surface area contributed by atoms with Crippen LogP contribution in [0.15, 0.2) is 24.3 Å². The molecule has 0 aliphatic rings. The minimum atomic E-state index is -1.06. The van der Waals surface area contributed by atoms with Crippen LogP contribution < -0.4 is 4.74 Å². The molecule has 5 heteroatoms. The third kappa shape index (κ3) is 4.69. The molecule has 2 unspecified atom stereocenters. The number of esters is 1. The van der Waals surface area contributed by atoms with Crippen LogP contribution >= 0.6 is 0 Å². The van der Waals surface area contributed by atoms with E-state index in [4.69, 9.17) is 4.74 Å². The van der Waals surface area contributed by atoms with Crippen LogP contribution in [0.1, 0.15) is 44.5 Å². The van der Waals surface area contributed by atoms with E-state index in [2.05, 4.69) is 4.74 Å². The minimum Gasteiger partial charge on any atom is -0.491 e. The summed E-state index contributed by atoms with van der Waals surface area (Å²) >= 11 is 0. The van der Waals surface area contributed by atoms with Crippen molar-refractivity contribution in [2.75, 3.05) is 6.61 Å². The molecule has 2 atom stereocenters. The van der Waals surface area contributed by atoms with Crippen molar-refractivity contribution < 1.29 is 23.9 Å². The van der Waals surface area contributed by atoms with Crippen molar-refractivity contribution >= 4 is 17.5 Å². The van der Waals surface area contributed by atoms with E-state index in [9.17, 15) is 14.4 Å². The van der Waals surface area contributed by atoms with E-state index >= 15 is 0 Å². The van der Waals surface area contributed by atoms with Gasteiger partial charge >= 0.3 is 5.97 Å². The fourth-order valence-electron chi connectivity index (χ4n) is 1.76. The highest BCUT2D eigenvalue weighted by atomic mass is 16.5. The topological polar surface area (TPSA) is 69.7 Å². The number of rotatable bonds is 8. The quantitative estimate of drug-likeness (QED) is 0.320. The lowest BCUT2D eigenvalue weighted by Gasteiger charge is -2.13. The molecule has 0 fully saturated rings. The monoisotopic (exact) mass is 306 g/mol. The molecule has 1 rings (SSSR count). The Hall–Kier alpha value is -2.17. The number of benzene rings is 1. The maximum atomic E-state index is 12.2. The predicted molar refractivity (Wildman–Crippen MR) is 82.0 cm³/mol. The first-order valence-corrected chi connectivity index (χ1v) is 7.42. The van der Waals surface area contributed by atoms with Gasteiger partial charge in [-0.1, -0.05) is 6.92 Å². The highest BCUT2D eigenvalue weighted by Crippen LogP contribution is 2.17. The number of Topliss-reactive ketones (excluding diaryl/α,β-unsaturated/α-hetero) is 2. The fraction of sp³-hybridized carbons (Fsp3) is 0.471. The van der Waals surface area contributed by atoms with E-state index in [0.717, 1.165) is 6.42 Å². The van der Waals surface area contributed by atoms with Crippen LogP contribution in [0, 0.1) is 5.92 Å². The Morgan fingerprint density at radius 1 is 1.05 bits per heavy atom. The van der Waals surface area contributed by atoms with Gasteiger partial charge in [-0.25, -0.2) is 4.79 Å². The van der Waals surface area contributed by atoms with Gasteiger partial charge in [0.2, 0.25) is 0 Å². The van der Waals surface area contributed by atoms with Crippen molar-refractivity contribution in [2.24, 2.45) is 5.92 Å². The maximum absolute atomic E-state index is 12.2. The van der Waals surface area contributed by atoms with Crippen LogP contribution in [0.3, 0.4) is 0 Å². The summed E-state index contributed by atoms with van der Waals surface area (Å²) in [5.41, 5.74) is 0.363. The summed E-state index contributed by atoms with van der Waals surface area (Å²) in [4.78, 5) is 35.4. The van der Waals surface area contributed by atoms with Gasteiger partial charge in [-0.3, -0.25) is 9.59 Å². The molecule has 5 nitrogen and oxygen atoms in total. The van der Waals surface area contributed by atoms with Crippen molar-refractivity contribution in [1.29, 1.82) is 0 Å². The molecule has 0 spiro atoms. The van der Waals surface area contributed by atoms with Crippen molar-refractivity contribution in [1.82, 2.24) is 0 Å². The largest absolute Gasteiger partial charge is 0.491 e. The minimum absolute atomic E-state index is 0.0888. The molecule has 0 saturated carbocycles. The van der Waals surface area contributed by atoms with E-state index in [1.54, 1.807) is 31.2 Å². The van der Waals surface area contributed by atoms with Gasteiger partial charge in [0, 0.05) is 5.56 Å². The maximum Gasteiger partial charge on any atom is 0.375 e. The van der Waals surface area contributed by atoms with E-state index in [1.165, 1.54) is 6.92 Å². The Bertz CT molecular complexity index is 532. The van der Waals surface area contributed by atoms with Crippen LogP contribution in [0.2, 0.25) is 0 Å². The summed E-state index contributed by atoms with van der Waals surface area (Å²) in [6.45, 7) is 7.09. The van der Waals surface area contributed by atoms with Gasteiger partial charge in [-0.05, 0) is 51.5 Å². The molecule has 0 amide bonds. The number of ketones is 2. The van der Waals surface area contributed by atoms with Crippen LogP contribution in [0.5, 0.6) is 5.75 Å². The smallest absolute Gasteiger partial charge is 0.375 e. The molecule has 0 N–H and O–H groups in total. The SMILES string of the molecule is CCOC(=O)C(=O)C(C)C(=O)c1ccc(OC(C)CC)cc1. The summed E-state index contributed by atoms with van der Waals surface area (Å²) in [5.74, 6) is -2.60. The van der Waals surface area contributed by atoms with Gasteiger partial charge in [0.05, 0.1) is 18.6 Å². The Kier molecular flexibility index (Phi) is 6.76. The van der Waals surface area contributed by atoms with Crippen LogP contribution in [0.25, 0.3) is 0 Å². The average Bonchev–Trinajstić information content (AvgIpc) is 2.53. The van der Waals surface area contributed by atoms with Crippen molar-refractivity contribution in [3.8, 4) is 5.75 Å². The molecule has 0 bridgehead atoms. The second-order valence-electron chi connectivity index (χ2n) is 5.03. The second-order valence-corrected chi connectivity index (χ2v) is 5.03. The first-order chi connectivity index (χ1) is 10.4. The molecule has 0 radical (unpaired) electrons. The second kappa shape index (κ2) is 8.32. The lowest BCUT2D eigenvalue weighted by molar-refractivity contribution is -0.154. The summed E-state index contributed by atoms with van der Waals surface area (Å²) in [5, 5.41) is 0. The predicted octanol–water partition coefficient (Wildman–Crippen LogP) is 2.81. The van der Waals surface area contributed by atoms with Gasteiger partial charge in [-0.15, -0.1) is 0 Å². The van der Waals surface area contributed by atoms with Crippen molar-refractivity contribution in [3.63, 3.8) is 0 Å². The van der Waals surface area contributed by atoms with Gasteiger partial charge < -0.3 is 9.47 Å². The van der Waals surface area contributed by atoms with Crippen molar-refractivity contribution in [3.05, 3.63) is 29.8 Å². The van der Waals surface area contributed by atoms with Crippen LogP contribution in [-0.2, 0) is 14.3 Å². The Labute approximate surface area is 130 Å². The number of hydrogen-bond donors (Lipinski definition) is 0. The zero-order chi connectivity index (χ0) is 16.7. The van der Waals surface area contributed by atoms with Gasteiger partial charge in [0.1, 0.15) is 5.75 Å². The number of carbonyl (C=O) groups is 3. The summed E-state index contributed by atoms with van der Waals surface area (Å²) in [6.07, 6.45) is 0.969. The molecule has 0 aliphatic carbocycles. The molecular weight excluding hydrogens is 284 g/mol. The summed E-state index contributed by atoms with van der Waals surface area (Å²) < 4.78 is 10.2. The summed E-state index contributed by atoms with van der Waals surface area (Å²) in [7, 11) is 0. The molecule has 0 saturated heterocycles. The van der Waals surface area contributed by atoms with E-state index in [0.29, 0.717) is 11.3 Å². The third-order valence-electron chi connectivity index (χ3n) is 3.31. The van der Waals surface area contributed by atoms with Crippen molar-refractivity contribution in [2.45, 2.75) is 40.2 Å². The third-order valence-corrected chi connectivity index (χ3v) is 3.31. The van der Waals surface area contributed by atoms with Gasteiger partial charge in [0.15, 0.2) is 5.78 Å². The standard InChI is InChI=1S/C17H22O5/c1-5-11(3)22-14-9-7-13(8-10-14)15(18)12(4)16(19)17(20)21-6-2/h7-12H,5-6H2,1-4H3. The zero-order valence-corrected chi connectivity index (χ0v) is 13.4. The molecule has 22 heavy (non-hydrogen) atoms. The Morgan fingerprint density at radius 2 is 1.64 bits per heavy atom. The highest BCUT2D eigenvalue weighted by molar-refractivity contribution is 6.39. The normalized spacial score (nSPS) is 13.1. The molecule has 1 aromatic carbocycles. The number of ether oxygens (including phenoxy) is 2. The molecular formula is C17H22O5. The first kappa shape index (κ1) is 17.9. The average molecular weight is 306 g/mol. The highest BCUT2D eigenvalue weighted by Gasteiger charge is 2.29. The lowest BCUT2D eigenvalue weighted by atomic mass is 9.95. The fourth-order valence-corrected chi connectivity index (χ4v) is 1.76. The molecule has 0 aromatic heterocycles. The number of hydrogen-bond acceptors (Lipinski definition) is 5. The first-order valence-electron chi connectivity index (χ1n) is 7.42. The lowest BCUT2D eigenvalue weighted by Crippen LogP contribution is -2.29. The Balaban J connectivity index is 2.76. The summed E-state index contributed by atoms with van der Waals surface area (Å²) in [6, 6.07) is 6.55. The van der Waals surface area contributed by atoms with E-state index in [1.807, 2.05) is 13.8 Å². The molecule has 0 aliphatic heterocycles. The molecule has 1 aromatic rings. The molecule has 0 heterocycles. The van der Waals surface area contributed by atoms with Crippen LogP contribution in [0.4, 0.5) is 0 Å². The van der Waals surface area contributed by atoms with Crippen LogP contribution in [-0.4, -0.2) is 30.2 Å². The van der Waals surface area contributed by atoms with E-state index < -0.39 is 23.5 Å². The Morgan fingerprint density at radius 3 is 2.14 bits per heavy atom. The molecule has 120 valence electrons. The van der Waals surface area contributed by atoms with Gasteiger partial charge in [-0.2, -0.15) is 0 Å². The van der Waals surface area contributed by atoms with Gasteiger partial charge in [0.25, 0.3) is 5.78 Å².